The fourth-order valence-electron chi connectivity index (χ4n) is 2.64. The lowest BCUT2D eigenvalue weighted by molar-refractivity contribution is 0.161. The van der Waals surface area contributed by atoms with Crippen LogP contribution in [0.3, 0.4) is 0 Å². The first kappa shape index (κ1) is 13.7. The van der Waals surface area contributed by atoms with Crippen LogP contribution in [-0.4, -0.2) is 0 Å². The Kier molecular flexibility index (Phi) is 3.57. The van der Waals surface area contributed by atoms with E-state index in [1.165, 1.54) is 16.7 Å². The van der Waals surface area contributed by atoms with Crippen molar-refractivity contribution in [2.45, 2.75) is 32.4 Å². The molecular weight excluding hydrogens is 314 g/mol. The van der Waals surface area contributed by atoms with Crippen LogP contribution < -0.4 is 10.5 Å². The van der Waals surface area contributed by atoms with Gasteiger partial charge in [0.1, 0.15) is 11.9 Å². The average Bonchev–Trinajstić information content (AvgIpc) is 2.42. The molecule has 104 valence electrons. The third kappa shape index (κ3) is 2.48. The number of hydrogen-bond acceptors (Lipinski definition) is 2. The van der Waals surface area contributed by atoms with Gasteiger partial charge in [0.25, 0.3) is 0 Å². The van der Waals surface area contributed by atoms with Gasteiger partial charge in [-0.05, 0) is 48.7 Å². The first-order chi connectivity index (χ1) is 9.54. The second kappa shape index (κ2) is 5.23. The van der Waals surface area contributed by atoms with Gasteiger partial charge in [-0.15, -0.1) is 0 Å². The van der Waals surface area contributed by atoms with E-state index < -0.39 is 0 Å². The zero-order chi connectivity index (χ0) is 14.3. The van der Waals surface area contributed by atoms with Gasteiger partial charge >= 0.3 is 0 Å². The van der Waals surface area contributed by atoms with E-state index in [2.05, 4.69) is 54.0 Å². The van der Waals surface area contributed by atoms with E-state index in [9.17, 15) is 0 Å². The molecule has 1 aliphatic heterocycles. The molecule has 0 aromatic heterocycles. The molecule has 0 saturated heterocycles. The van der Waals surface area contributed by atoms with Crippen molar-refractivity contribution in [2.24, 2.45) is 5.73 Å². The molecule has 0 amide bonds. The molecule has 20 heavy (non-hydrogen) atoms. The minimum atomic E-state index is 0.0165. The zero-order valence-electron chi connectivity index (χ0n) is 11.7. The predicted octanol–water partition coefficient (Wildman–Crippen LogP) is 4.59. The summed E-state index contributed by atoms with van der Waals surface area (Å²) in [5.74, 6) is 0.898. The summed E-state index contributed by atoms with van der Waals surface area (Å²) in [5.41, 5.74) is 11.2. The Bertz CT molecular complexity index is 653. The molecule has 0 spiro atoms. The van der Waals surface area contributed by atoms with Crippen molar-refractivity contribution in [1.29, 1.82) is 0 Å². The highest BCUT2D eigenvalue weighted by molar-refractivity contribution is 9.10. The highest BCUT2D eigenvalue weighted by atomic mass is 79.9. The van der Waals surface area contributed by atoms with E-state index in [4.69, 9.17) is 10.5 Å². The second-order valence-corrected chi connectivity index (χ2v) is 6.39. The topological polar surface area (TPSA) is 35.2 Å². The number of aryl methyl sites for hydroxylation is 2. The van der Waals surface area contributed by atoms with Crippen molar-refractivity contribution in [2.75, 3.05) is 0 Å². The Morgan fingerprint density at radius 1 is 1.10 bits per heavy atom. The Morgan fingerprint density at radius 3 is 2.65 bits per heavy atom. The van der Waals surface area contributed by atoms with Gasteiger partial charge in [0, 0.05) is 22.5 Å². The summed E-state index contributed by atoms with van der Waals surface area (Å²) in [6.45, 7) is 4.26. The molecule has 2 atom stereocenters. The number of nitrogens with two attached hydrogens (primary N) is 1. The summed E-state index contributed by atoms with van der Waals surface area (Å²) in [6.07, 6.45) is 0.851. The second-order valence-electron chi connectivity index (χ2n) is 5.47. The van der Waals surface area contributed by atoms with Crippen LogP contribution in [0, 0.1) is 13.8 Å². The molecule has 1 heterocycles. The SMILES string of the molecule is Cc1ccc(C2C[C@H](N)c3cc(Br)ccc3O2)cc1C. The lowest BCUT2D eigenvalue weighted by atomic mass is 9.92. The molecule has 0 bridgehead atoms. The Hall–Kier alpha value is -1.32. The predicted molar refractivity (Wildman–Crippen MR) is 85.0 cm³/mol. The minimum Gasteiger partial charge on any atom is -0.485 e. The fourth-order valence-corrected chi connectivity index (χ4v) is 3.02. The van der Waals surface area contributed by atoms with Crippen molar-refractivity contribution in [3.8, 4) is 5.75 Å². The molecule has 2 N–H and O–H groups in total. The molecule has 2 nitrogen and oxygen atoms in total. The van der Waals surface area contributed by atoms with Crippen molar-refractivity contribution < 1.29 is 4.74 Å². The number of fused-ring (bicyclic) bond motifs is 1. The van der Waals surface area contributed by atoms with E-state index in [0.29, 0.717) is 0 Å². The maximum atomic E-state index is 6.31. The van der Waals surface area contributed by atoms with Crippen LogP contribution in [0.4, 0.5) is 0 Å². The first-order valence-electron chi connectivity index (χ1n) is 6.83. The lowest BCUT2D eigenvalue weighted by Crippen LogP contribution is -2.24. The largest absolute Gasteiger partial charge is 0.485 e. The summed E-state index contributed by atoms with van der Waals surface area (Å²) < 4.78 is 7.18. The lowest BCUT2D eigenvalue weighted by Gasteiger charge is -2.31. The highest BCUT2D eigenvalue weighted by Gasteiger charge is 2.27. The van der Waals surface area contributed by atoms with E-state index in [0.717, 1.165) is 22.2 Å². The smallest absolute Gasteiger partial charge is 0.126 e. The quantitative estimate of drug-likeness (QED) is 0.829. The maximum absolute atomic E-state index is 6.31. The van der Waals surface area contributed by atoms with Gasteiger partial charge in [-0.25, -0.2) is 0 Å². The van der Waals surface area contributed by atoms with Gasteiger partial charge in [-0.1, -0.05) is 34.1 Å². The van der Waals surface area contributed by atoms with Crippen molar-refractivity contribution >= 4 is 15.9 Å². The summed E-state index contributed by atoms with van der Waals surface area (Å²) >= 11 is 3.48. The van der Waals surface area contributed by atoms with E-state index in [-0.39, 0.29) is 12.1 Å². The molecule has 2 aromatic carbocycles. The van der Waals surface area contributed by atoms with Crippen LogP contribution in [0.25, 0.3) is 0 Å². The fraction of sp³-hybridized carbons (Fsp3) is 0.294. The van der Waals surface area contributed by atoms with E-state index >= 15 is 0 Å². The first-order valence-corrected chi connectivity index (χ1v) is 7.63. The van der Waals surface area contributed by atoms with Crippen LogP contribution in [0.15, 0.2) is 40.9 Å². The normalized spacial score (nSPS) is 21.2. The van der Waals surface area contributed by atoms with Crippen molar-refractivity contribution in [1.82, 2.24) is 0 Å². The molecular formula is C17H18BrNO. The zero-order valence-corrected chi connectivity index (χ0v) is 13.3. The summed E-state index contributed by atoms with van der Waals surface area (Å²) in [4.78, 5) is 0. The number of benzene rings is 2. The Morgan fingerprint density at radius 2 is 1.90 bits per heavy atom. The average molecular weight is 332 g/mol. The molecule has 0 fully saturated rings. The van der Waals surface area contributed by atoms with Crippen LogP contribution in [0.2, 0.25) is 0 Å². The number of rotatable bonds is 1. The van der Waals surface area contributed by atoms with Gasteiger partial charge < -0.3 is 10.5 Å². The Balaban J connectivity index is 1.94. The van der Waals surface area contributed by atoms with Gasteiger partial charge in [-0.3, -0.25) is 0 Å². The van der Waals surface area contributed by atoms with Gasteiger partial charge in [0.05, 0.1) is 0 Å². The van der Waals surface area contributed by atoms with Crippen LogP contribution in [0.5, 0.6) is 5.75 Å². The highest BCUT2D eigenvalue weighted by Crippen LogP contribution is 2.40. The van der Waals surface area contributed by atoms with E-state index in [1.54, 1.807) is 0 Å². The molecule has 0 aliphatic carbocycles. The van der Waals surface area contributed by atoms with E-state index in [1.807, 2.05) is 12.1 Å². The standard InChI is InChI=1S/C17H18BrNO/c1-10-3-4-12(7-11(10)2)17-9-15(19)14-8-13(18)5-6-16(14)20-17/h3-8,15,17H,9,19H2,1-2H3/t15-,17?/m0/s1. The third-order valence-corrected chi connectivity index (χ3v) is 4.50. The van der Waals surface area contributed by atoms with Gasteiger partial charge in [0.2, 0.25) is 0 Å². The molecule has 0 radical (unpaired) electrons. The summed E-state index contributed by atoms with van der Waals surface area (Å²) in [5, 5.41) is 0. The monoisotopic (exact) mass is 331 g/mol. The molecule has 1 unspecified atom stereocenters. The van der Waals surface area contributed by atoms with Crippen LogP contribution >= 0.6 is 15.9 Å². The van der Waals surface area contributed by atoms with Gasteiger partial charge in [-0.2, -0.15) is 0 Å². The summed E-state index contributed by atoms with van der Waals surface area (Å²) in [7, 11) is 0. The molecule has 1 aliphatic rings. The molecule has 2 aromatic rings. The number of halogens is 1. The molecule has 0 saturated carbocycles. The van der Waals surface area contributed by atoms with Gasteiger partial charge in [0.15, 0.2) is 0 Å². The maximum Gasteiger partial charge on any atom is 0.126 e. The van der Waals surface area contributed by atoms with Crippen LogP contribution in [0.1, 0.15) is 40.8 Å². The van der Waals surface area contributed by atoms with Crippen molar-refractivity contribution in [3.63, 3.8) is 0 Å². The number of hydrogen-bond donors (Lipinski definition) is 1. The minimum absolute atomic E-state index is 0.0165. The van der Waals surface area contributed by atoms with Crippen molar-refractivity contribution in [3.05, 3.63) is 63.1 Å². The summed E-state index contributed by atoms with van der Waals surface area (Å²) in [6, 6.07) is 12.6. The third-order valence-electron chi connectivity index (χ3n) is 4.01. The molecule has 3 rings (SSSR count). The van der Waals surface area contributed by atoms with Crippen LogP contribution in [-0.2, 0) is 0 Å². The number of ether oxygens (including phenoxy) is 1. The Labute approximate surface area is 128 Å². The molecule has 3 heteroatoms.